The monoisotopic (exact) mass is 401 g/mol. The Morgan fingerprint density at radius 2 is 1.92 bits per heavy atom. The topological polar surface area (TPSA) is 61.4 Å². The lowest BCUT2D eigenvalue weighted by Gasteiger charge is -2.32. The largest absolute Gasteiger partial charge is 0.339 e. The number of benzene rings is 1. The van der Waals surface area contributed by atoms with Crippen molar-refractivity contribution in [1.29, 1.82) is 0 Å². The first kappa shape index (κ1) is 22.7. The minimum Gasteiger partial charge on any atom is -0.339 e. The van der Waals surface area contributed by atoms with Gasteiger partial charge in [-0.05, 0) is 50.0 Å². The van der Waals surface area contributed by atoms with Crippen molar-refractivity contribution in [1.82, 2.24) is 10.2 Å². The molecule has 1 aliphatic rings. The van der Waals surface area contributed by atoms with Crippen LogP contribution in [0.3, 0.4) is 0 Å². The van der Waals surface area contributed by atoms with Gasteiger partial charge in [0.2, 0.25) is 5.91 Å². The van der Waals surface area contributed by atoms with E-state index in [4.69, 9.17) is 11.6 Å². The van der Waals surface area contributed by atoms with Gasteiger partial charge in [0, 0.05) is 24.7 Å². The molecule has 1 heterocycles. The second-order valence-electron chi connectivity index (χ2n) is 6.88. The lowest BCUT2D eigenvalue weighted by molar-refractivity contribution is -0.118. The van der Waals surface area contributed by atoms with Crippen LogP contribution >= 0.6 is 24.0 Å². The number of piperidine rings is 1. The Morgan fingerprint density at radius 3 is 2.50 bits per heavy atom. The summed E-state index contributed by atoms with van der Waals surface area (Å²) in [7, 11) is 0. The molecule has 146 valence electrons. The summed E-state index contributed by atoms with van der Waals surface area (Å²) in [5.41, 5.74) is 1.06. The van der Waals surface area contributed by atoms with Crippen molar-refractivity contribution >= 4 is 41.5 Å². The second-order valence-corrected chi connectivity index (χ2v) is 7.29. The summed E-state index contributed by atoms with van der Waals surface area (Å²) in [6, 6.07) is 5.07. The SMILES string of the molecule is CCNCC1CCN(C(=O)c2cc(NC(=O)C(C)C)ccc2Cl)CC1.Cl. The molecule has 0 aromatic heterocycles. The van der Waals surface area contributed by atoms with Gasteiger partial charge in [0.25, 0.3) is 5.91 Å². The van der Waals surface area contributed by atoms with Crippen LogP contribution in [-0.2, 0) is 4.79 Å². The van der Waals surface area contributed by atoms with Crippen LogP contribution in [0.5, 0.6) is 0 Å². The fraction of sp³-hybridized carbons (Fsp3) is 0.579. The Labute approximate surface area is 167 Å². The molecule has 0 saturated carbocycles. The molecule has 0 aliphatic carbocycles. The Bertz CT molecular complexity index is 615. The lowest BCUT2D eigenvalue weighted by Crippen LogP contribution is -2.40. The summed E-state index contributed by atoms with van der Waals surface area (Å²) in [6.45, 7) is 9.23. The van der Waals surface area contributed by atoms with Gasteiger partial charge in [0.1, 0.15) is 0 Å². The Kier molecular flexibility index (Phi) is 9.41. The standard InChI is InChI=1S/C19H28ClN3O2.ClH/c1-4-21-12-14-7-9-23(10-8-14)19(25)16-11-15(5-6-17(16)20)22-18(24)13(2)3;/h5-6,11,13-14,21H,4,7-10,12H2,1-3H3,(H,22,24);1H. The predicted octanol–water partition coefficient (Wildman–Crippen LogP) is 3.82. The number of halogens is 2. The molecule has 1 aliphatic heterocycles. The fourth-order valence-corrected chi connectivity index (χ4v) is 3.11. The zero-order chi connectivity index (χ0) is 18.4. The number of anilines is 1. The van der Waals surface area contributed by atoms with Crippen LogP contribution in [0, 0.1) is 11.8 Å². The molecule has 0 bridgehead atoms. The molecule has 2 rings (SSSR count). The number of hydrogen-bond acceptors (Lipinski definition) is 3. The maximum atomic E-state index is 12.8. The van der Waals surface area contributed by atoms with Crippen molar-refractivity contribution in [3.63, 3.8) is 0 Å². The average Bonchev–Trinajstić information content (AvgIpc) is 2.61. The number of likely N-dealkylation sites (tertiary alicyclic amines) is 1. The predicted molar refractivity (Wildman–Crippen MR) is 109 cm³/mol. The summed E-state index contributed by atoms with van der Waals surface area (Å²) >= 11 is 6.24. The number of carbonyl (C=O) groups excluding carboxylic acids is 2. The lowest BCUT2D eigenvalue weighted by atomic mass is 9.96. The number of nitrogens with zero attached hydrogens (tertiary/aromatic N) is 1. The average molecular weight is 402 g/mol. The molecule has 1 aromatic carbocycles. The molecule has 0 radical (unpaired) electrons. The molecule has 26 heavy (non-hydrogen) atoms. The van der Waals surface area contributed by atoms with E-state index in [9.17, 15) is 9.59 Å². The highest BCUT2D eigenvalue weighted by atomic mass is 35.5. The molecule has 0 atom stereocenters. The van der Waals surface area contributed by atoms with E-state index in [1.165, 1.54) is 0 Å². The van der Waals surface area contributed by atoms with Crippen LogP contribution in [0.2, 0.25) is 5.02 Å². The first-order valence-electron chi connectivity index (χ1n) is 9.02. The van der Waals surface area contributed by atoms with Gasteiger partial charge in [-0.2, -0.15) is 0 Å². The van der Waals surface area contributed by atoms with E-state index in [1.54, 1.807) is 18.2 Å². The van der Waals surface area contributed by atoms with Crippen molar-refractivity contribution in [3.05, 3.63) is 28.8 Å². The van der Waals surface area contributed by atoms with Crippen molar-refractivity contribution in [2.45, 2.75) is 33.6 Å². The normalized spacial score (nSPS) is 14.9. The molecule has 1 fully saturated rings. The fourth-order valence-electron chi connectivity index (χ4n) is 2.91. The van der Waals surface area contributed by atoms with Crippen molar-refractivity contribution in [3.8, 4) is 0 Å². The summed E-state index contributed by atoms with van der Waals surface area (Å²) in [5.74, 6) is 0.360. The zero-order valence-corrected chi connectivity index (χ0v) is 17.3. The maximum Gasteiger partial charge on any atom is 0.255 e. The third-order valence-corrected chi connectivity index (χ3v) is 4.90. The summed E-state index contributed by atoms with van der Waals surface area (Å²) < 4.78 is 0. The maximum absolute atomic E-state index is 12.8. The Balaban J connectivity index is 0.00000338. The van der Waals surface area contributed by atoms with Crippen molar-refractivity contribution in [2.24, 2.45) is 11.8 Å². The van der Waals surface area contributed by atoms with Crippen LogP contribution in [0.4, 0.5) is 5.69 Å². The van der Waals surface area contributed by atoms with Crippen LogP contribution < -0.4 is 10.6 Å². The van der Waals surface area contributed by atoms with E-state index < -0.39 is 0 Å². The first-order chi connectivity index (χ1) is 11.9. The highest BCUT2D eigenvalue weighted by molar-refractivity contribution is 6.34. The molecule has 1 saturated heterocycles. The second kappa shape index (κ2) is 10.8. The molecule has 7 heteroatoms. The molecule has 0 spiro atoms. The highest BCUT2D eigenvalue weighted by Gasteiger charge is 2.25. The minimum atomic E-state index is -0.120. The van der Waals surface area contributed by atoms with Gasteiger partial charge in [-0.15, -0.1) is 12.4 Å². The molecule has 5 nitrogen and oxygen atoms in total. The first-order valence-corrected chi connectivity index (χ1v) is 9.40. The van der Waals surface area contributed by atoms with Crippen molar-refractivity contribution in [2.75, 3.05) is 31.5 Å². The molecule has 1 aromatic rings. The molecule has 2 amide bonds. The number of rotatable bonds is 6. The minimum absolute atomic E-state index is 0. The Hall–Kier alpha value is -1.30. The van der Waals surface area contributed by atoms with Crippen LogP contribution in [0.25, 0.3) is 0 Å². The van der Waals surface area contributed by atoms with E-state index in [1.807, 2.05) is 18.7 Å². The number of carbonyl (C=O) groups is 2. The quantitative estimate of drug-likeness (QED) is 0.761. The van der Waals surface area contributed by atoms with Gasteiger partial charge in [0.05, 0.1) is 10.6 Å². The van der Waals surface area contributed by atoms with E-state index in [2.05, 4.69) is 17.6 Å². The van der Waals surface area contributed by atoms with Gasteiger partial charge in [-0.25, -0.2) is 0 Å². The smallest absolute Gasteiger partial charge is 0.255 e. The van der Waals surface area contributed by atoms with E-state index in [0.717, 1.165) is 39.0 Å². The van der Waals surface area contributed by atoms with Crippen LogP contribution in [-0.4, -0.2) is 42.9 Å². The zero-order valence-electron chi connectivity index (χ0n) is 15.7. The number of hydrogen-bond donors (Lipinski definition) is 2. The van der Waals surface area contributed by atoms with Gasteiger partial charge < -0.3 is 15.5 Å². The van der Waals surface area contributed by atoms with Gasteiger partial charge >= 0.3 is 0 Å². The van der Waals surface area contributed by atoms with Crippen LogP contribution in [0.15, 0.2) is 18.2 Å². The number of nitrogens with one attached hydrogen (secondary N) is 2. The molecule has 2 N–H and O–H groups in total. The highest BCUT2D eigenvalue weighted by Crippen LogP contribution is 2.25. The molecular formula is C19H29Cl2N3O2. The van der Waals surface area contributed by atoms with E-state index in [-0.39, 0.29) is 30.1 Å². The number of amides is 2. The van der Waals surface area contributed by atoms with Gasteiger partial charge in [-0.3, -0.25) is 9.59 Å². The summed E-state index contributed by atoms with van der Waals surface area (Å²) in [5, 5.41) is 6.61. The Morgan fingerprint density at radius 1 is 1.27 bits per heavy atom. The van der Waals surface area contributed by atoms with E-state index in [0.29, 0.717) is 22.2 Å². The van der Waals surface area contributed by atoms with Crippen LogP contribution in [0.1, 0.15) is 44.0 Å². The summed E-state index contributed by atoms with van der Waals surface area (Å²) in [6.07, 6.45) is 2.00. The van der Waals surface area contributed by atoms with Gasteiger partial charge in [0.15, 0.2) is 0 Å². The van der Waals surface area contributed by atoms with Crippen molar-refractivity contribution < 1.29 is 9.59 Å². The molecule has 0 unspecified atom stereocenters. The van der Waals surface area contributed by atoms with Gasteiger partial charge in [-0.1, -0.05) is 32.4 Å². The summed E-state index contributed by atoms with van der Waals surface area (Å²) in [4.78, 5) is 26.5. The third-order valence-electron chi connectivity index (χ3n) is 4.57. The third kappa shape index (κ3) is 6.15. The molecular weight excluding hydrogens is 373 g/mol. The van der Waals surface area contributed by atoms with E-state index >= 15 is 0 Å².